The fourth-order valence-corrected chi connectivity index (χ4v) is 3.07. The fraction of sp³-hybridized carbons (Fsp3) is 0.320. The summed E-state index contributed by atoms with van der Waals surface area (Å²) in [6, 6.07) is 7.92. The number of benzene rings is 1. The van der Waals surface area contributed by atoms with Crippen molar-refractivity contribution in [2.75, 3.05) is 18.9 Å². The number of amides is 2. The number of alkyl halides is 1. The zero-order valence-electron chi connectivity index (χ0n) is 20.7. The van der Waals surface area contributed by atoms with Crippen LogP contribution in [0.4, 0.5) is 19.3 Å². The first-order chi connectivity index (χ1) is 16.6. The summed E-state index contributed by atoms with van der Waals surface area (Å²) in [4.78, 5) is 24.3. The highest BCUT2D eigenvalue weighted by molar-refractivity contribution is 5.90. The molecule has 0 saturated heterocycles. The van der Waals surface area contributed by atoms with Gasteiger partial charge in [0.15, 0.2) is 0 Å². The lowest BCUT2D eigenvalue weighted by molar-refractivity contribution is -0.0980. The van der Waals surface area contributed by atoms with Crippen LogP contribution < -0.4 is 16.4 Å². The van der Waals surface area contributed by atoms with Crippen LogP contribution in [0.3, 0.4) is 0 Å². The Morgan fingerprint density at radius 3 is 2.43 bits per heavy atom. The van der Waals surface area contributed by atoms with E-state index in [1.165, 1.54) is 33.0 Å². The van der Waals surface area contributed by atoms with Crippen LogP contribution in [0.1, 0.15) is 31.5 Å². The van der Waals surface area contributed by atoms with Crippen molar-refractivity contribution in [2.45, 2.75) is 39.8 Å². The van der Waals surface area contributed by atoms with E-state index in [-0.39, 0.29) is 18.7 Å². The van der Waals surface area contributed by atoms with Gasteiger partial charge in [0.25, 0.3) is 0 Å². The van der Waals surface area contributed by atoms with Crippen LogP contribution in [-0.4, -0.2) is 47.3 Å². The lowest BCUT2D eigenvalue weighted by atomic mass is 10.0. The molecule has 4 N–H and O–H groups in total. The molecular weight excluding hydrogens is 454 g/mol. The third-order valence-corrected chi connectivity index (χ3v) is 4.73. The van der Waals surface area contributed by atoms with Gasteiger partial charge in [-0.15, -0.1) is 0 Å². The van der Waals surface area contributed by atoms with E-state index in [4.69, 9.17) is 4.79 Å². The van der Waals surface area contributed by atoms with Crippen molar-refractivity contribution < 1.29 is 18.4 Å². The van der Waals surface area contributed by atoms with Crippen LogP contribution >= 0.6 is 0 Å². The van der Waals surface area contributed by atoms with Gasteiger partial charge in [-0.2, -0.15) is 10.2 Å². The summed E-state index contributed by atoms with van der Waals surface area (Å²) in [7, 11) is 1.50. The zero-order valence-corrected chi connectivity index (χ0v) is 20.7. The molecule has 0 aliphatic carbocycles. The standard InChI is InChI=1S/C23H25F2N5O.CH5N.CH2O/c1-14-9-19(24)21(29-22(31)27-8-6-23(3,4)25)12-18(14)20-11-17(13-28-30-20)16-5-7-26-15(2)10-16;2*1-2/h5,7,9-13H,6,8H2,1-4H3,(H2,27,29,31);2H2,1H3;1H2. The lowest BCUT2D eigenvalue weighted by Crippen LogP contribution is -2.32. The largest absolute Gasteiger partial charge is 0.338 e. The number of hydrogen-bond acceptors (Lipinski definition) is 6. The van der Waals surface area contributed by atoms with Gasteiger partial charge in [-0.1, -0.05) is 0 Å². The molecule has 8 nitrogen and oxygen atoms in total. The van der Waals surface area contributed by atoms with E-state index in [2.05, 4.69) is 31.5 Å². The summed E-state index contributed by atoms with van der Waals surface area (Å²) in [6.45, 7) is 8.66. The summed E-state index contributed by atoms with van der Waals surface area (Å²) in [5.41, 5.74) is 7.62. The Morgan fingerprint density at radius 2 is 1.80 bits per heavy atom. The molecule has 188 valence electrons. The van der Waals surface area contributed by atoms with Gasteiger partial charge < -0.3 is 21.2 Å². The van der Waals surface area contributed by atoms with E-state index >= 15 is 0 Å². The van der Waals surface area contributed by atoms with E-state index in [0.717, 1.165) is 16.8 Å². The summed E-state index contributed by atoms with van der Waals surface area (Å²) in [6.07, 6.45) is 3.52. The highest BCUT2D eigenvalue weighted by Crippen LogP contribution is 2.30. The van der Waals surface area contributed by atoms with Gasteiger partial charge in [0.05, 0.1) is 17.6 Å². The molecule has 0 saturated carbocycles. The van der Waals surface area contributed by atoms with Crippen LogP contribution in [0.5, 0.6) is 0 Å². The monoisotopic (exact) mass is 486 g/mol. The SMILES string of the molecule is C=O.CN.Cc1cc(-c2cnnc(-c3cc(NC(=O)NCCC(C)(C)F)c(F)cc3C)c2)ccn1. The minimum Gasteiger partial charge on any atom is -0.338 e. The van der Waals surface area contributed by atoms with Gasteiger partial charge in [-0.05, 0) is 82.6 Å². The number of carbonyl (C=O) groups is 2. The molecule has 1 aromatic carbocycles. The van der Waals surface area contributed by atoms with E-state index in [1.54, 1.807) is 19.3 Å². The maximum absolute atomic E-state index is 14.5. The molecule has 2 aromatic heterocycles. The second kappa shape index (κ2) is 13.8. The Morgan fingerprint density at radius 1 is 1.11 bits per heavy atom. The van der Waals surface area contributed by atoms with Crippen molar-refractivity contribution in [3.63, 3.8) is 0 Å². The van der Waals surface area contributed by atoms with Crippen molar-refractivity contribution >= 4 is 18.5 Å². The minimum atomic E-state index is -1.40. The van der Waals surface area contributed by atoms with Crippen LogP contribution in [0, 0.1) is 19.7 Å². The van der Waals surface area contributed by atoms with Crippen LogP contribution in [-0.2, 0) is 4.79 Å². The molecular formula is C25H32F2N6O2. The number of pyridine rings is 1. The first-order valence-corrected chi connectivity index (χ1v) is 10.8. The molecule has 10 heteroatoms. The number of carbonyl (C=O) groups excluding carboxylic acids is 2. The Kier molecular flexibility index (Phi) is 11.5. The number of rotatable bonds is 6. The van der Waals surface area contributed by atoms with Gasteiger partial charge in [0.2, 0.25) is 0 Å². The molecule has 0 fully saturated rings. The van der Waals surface area contributed by atoms with Crippen molar-refractivity contribution in [3.8, 4) is 22.4 Å². The molecule has 3 rings (SSSR count). The highest BCUT2D eigenvalue weighted by Gasteiger charge is 2.17. The number of nitrogens with zero attached hydrogens (tertiary/aromatic N) is 3. The molecule has 0 radical (unpaired) electrons. The Balaban J connectivity index is 0.00000145. The number of aromatic nitrogens is 3. The average Bonchev–Trinajstić information content (AvgIpc) is 2.83. The maximum atomic E-state index is 14.5. The van der Waals surface area contributed by atoms with Gasteiger partial charge in [-0.25, -0.2) is 13.6 Å². The van der Waals surface area contributed by atoms with Crippen LogP contribution in [0.25, 0.3) is 22.4 Å². The van der Waals surface area contributed by atoms with Crippen molar-refractivity contribution in [3.05, 3.63) is 59.8 Å². The third kappa shape index (κ3) is 9.17. The van der Waals surface area contributed by atoms with Crippen molar-refractivity contribution in [2.24, 2.45) is 5.73 Å². The molecule has 0 bridgehead atoms. The average molecular weight is 487 g/mol. The number of hydrogen-bond donors (Lipinski definition) is 3. The Labute approximate surface area is 204 Å². The second-order valence-corrected chi connectivity index (χ2v) is 8.01. The van der Waals surface area contributed by atoms with Crippen LogP contribution in [0.2, 0.25) is 0 Å². The highest BCUT2D eigenvalue weighted by atomic mass is 19.1. The molecule has 2 heterocycles. The number of nitrogens with one attached hydrogen (secondary N) is 2. The third-order valence-electron chi connectivity index (χ3n) is 4.73. The number of aryl methyl sites for hydroxylation is 2. The number of halogens is 2. The topological polar surface area (TPSA) is 123 Å². The normalized spacial score (nSPS) is 10.3. The summed E-state index contributed by atoms with van der Waals surface area (Å²) in [5.74, 6) is -0.573. The fourth-order valence-electron chi connectivity index (χ4n) is 3.07. The Hall–Kier alpha value is -3.79. The first kappa shape index (κ1) is 29.2. The van der Waals surface area contributed by atoms with E-state index in [1.807, 2.05) is 31.9 Å². The lowest BCUT2D eigenvalue weighted by Gasteiger charge is -2.15. The van der Waals surface area contributed by atoms with E-state index < -0.39 is 17.5 Å². The van der Waals surface area contributed by atoms with Crippen molar-refractivity contribution in [1.82, 2.24) is 20.5 Å². The first-order valence-electron chi connectivity index (χ1n) is 10.8. The van der Waals surface area contributed by atoms with E-state index in [9.17, 15) is 13.6 Å². The minimum absolute atomic E-state index is 0.00423. The number of anilines is 1. The van der Waals surface area contributed by atoms with E-state index in [0.29, 0.717) is 16.8 Å². The summed E-state index contributed by atoms with van der Waals surface area (Å²) >= 11 is 0. The number of nitrogens with two attached hydrogens (primary N) is 1. The predicted octanol–water partition coefficient (Wildman–Crippen LogP) is 4.61. The predicted molar refractivity (Wildman–Crippen MR) is 134 cm³/mol. The van der Waals surface area contributed by atoms with Gasteiger partial charge >= 0.3 is 6.03 Å². The van der Waals surface area contributed by atoms with Crippen LogP contribution in [0.15, 0.2) is 42.7 Å². The molecule has 35 heavy (non-hydrogen) atoms. The van der Waals surface area contributed by atoms with Gasteiger partial charge in [0.1, 0.15) is 18.3 Å². The number of urea groups is 1. The molecule has 0 spiro atoms. The summed E-state index contributed by atoms with van der Waals surface area (Å²) in [5, 5.41) is 13.3. The maximum Gasteiger partial charge on any atom is 0.319 e. The van der Waals surface area contributed by atoms with Gasteiger partial charge in [-0.3, -0.25) is 4.98 Å². The molecule has 3 aromatic rings. The molecule has 0 unspecified atom stereocenters. The summed E-state index contributed by atoms with van der Waals surface area (Å²) < 4.78 is 28.0. The Bertz CT molecular complexity index is 1120. The molecule has 0 aliphatic heterocycles. The second-order valence-electron chi connectivity index (χ2n) is 8.01. The molecule has 2 amide bonds. The molecule has 0 atom stereocenters. The smallest absolute Gasteiger partial charge is 0.319 e. The van der Waals surface area contributed by atoms with Gasteiger partial charge in [0, 0.05) is 29.6 Å². The zero-order chi connectivity index (χ0) is 26.6. The molecule has 0 aliphatic rings. The van der Waals surface area contributed by atoms with Crippen molar-refractivity contribution in [1.29, 1.82) is 0 Å². The quantitative estimate of drug-likeness (QED) is 0.468.